The van der Waals surface area contributed by atoms with Gasteiger partial charge < -0.3 is 19.7 Å². The van der Waals surface area contributed by atoms with Crippen LogP contribution in [0.2, 0.25) is 0 Å². The fourth-order valence-corrected chi connectivity index (χ4v) is 2.85. The first-order chi connectivity index (χ1) is 12.5. The molecule has 1 fully saturated rings. The number of hydrogen-bond acceptors (Lipinski definition) is 4. The number of benzene rings is 1. The van der Waals surface area contributed by atoms with Gasteiger partial charge in [-0.15, -0.1) is 0 Å². The number of hydrogen-bond donors (Lipinski definition) is 1. The van der Waals surface area contributed by atoms with Gasteiger partial charge in [-0.1, -0.05) is 13.8 Å². The number of ether oxygens (including phenoxy) is 2. The van der Waals surface area contributed by atoms with Crippen LogP contribution in [-0.4, -0.2) is 50.1 Å². The summed E-state index contributed by atoms with van der Waals surface area (Å²) in [7, 11) is 1.57. The van der Waals surface area contributed by atoms with Crippen LogP contribution in [0.1, 0.15) is 49.9 Å². The highest BCUT2D eigenvalue weighted by atomic mass is 16.5. The Balaban J connectivity index is 1.81. The third-order valence-corrected chi connectivity index (χ3v) is 4.44. The van der Waals surface area contributed by atoms with E-state index in [-0.39, 0.29) is 11.8 Å². The van der Waals surface area contributed by atoms with Crippen molar-refractivity contribution in [2.45, 2.75) is 39.5 Å². The molecule has 144 valence electrons. The number of amides is 2. The smallest absolute Gasteiger partial charge is 0.251 e. The highest BCUT2D eigenvalue weighted by Gasteiger charge is 2.19. The highest BCUT2D eigenvalue weighted by molar-refractivity contribution is 5.94. The molecular formula is C20H30N2O4. The Morgan fingerprint density at radius 1 is 1.31 bits per heavy atom. The molecule has 2 rings (SSSR count). The van der Waals surface area contributed by atoms with Crippen LogP contribution in [0.4, 0.5) is 0 Å². The molecule has 1 heterocycles. The minimum Gasteiger partial charge on any atom is -0.493 e. The van der Waals surface area contributed by atoms with Crippen LogP contribution < -0.4 is 14.8 Å². The minimum atomic E-state index is -0.148. The largest absolute Gasteiger partial charge is 0.493 e. The summed E-state index contributed by atoms with van der Waals surface area (Å²) in [5.74, 6) is 1.85. The summed E-state index contributed by atoms with van der Waals surface area (Å²) < 4.78 is 11.1. The zero-order valence-electron chi connectivity index (χ0n) is 16.0. The van der Waals surface area contributed by atoms with Gasteiger partial charge in [-0.3, -0.25) is 9.59 Å². The van der Waals surface area contributed by atoms with E-state index >= 15 is 0 Å². The first-order valence-corrected chi connectivity index (χ1v) is 9.38. The molecule has 6 heteroatoms. The number of carbonyl (C=O) groups is 2. The molecule has 0 saturated carbocycles. The van der Waals surface area contributed by atoms with Gasteiger partial charge in [0.25, 0.3) is 5.91 Å². The van der Waals surface area contributed by atoms with E-state index in [9.17, 15) is 9.59 Å². The minimum absolute atomic E-state index is 0.148. The van der Waals surface area contributed by atoms with Crippen LogP contribution in [0.25, 0.3) is 0 Å². The van der Waals surface area contributed by atoms with Gasteiger partial charge in [0.1, 0.15) is 0 Å². The number of carbonyl (C=O) groups excluding carboxylic acids is 2. The lowest BCUT2D eigenvalue weighted by atomic mass is 10.1. The highest BCUT2D eigenvalue weighted by Crippen LogP contribution is 2.28. The van der Waals surface area contributed by atoms with Crippen LogP contribution in [0.15, 0.2) is 18.2 Å². The molecule has 0 aliphatic carbocycles. The van der Waals surface area contributed by atoms with Gasteiger partial charge >= 0.3 is 0 Å². The van der Waals surface area contributed by atoms with Crippen molar-refractivity contribution in [3.63, 3.8) is 0 Å². The number of nitrogens with one attached hydrogen (secondary N) is 1. The number of likely N-dealkylation sites (tertiary alicyclic amines) is 1. The average Bonchev–Trinajstić information content (AvgIpc) is 3.03. The Kier molecular flexibility index (Phi) is 7.75. The molecule has 1 saturated heterocycles. The van der Waals surface area contributed by atoms with E-state index < -0.39 is 0 Å². The molecule has 1 aromatic carbocycles. The van der Waals surface area contributed by atoms with Crippen molar-refractivity contribution in [3.8, 4) is 11.5 Å². The summed E-state index contributed by atoms with van der Waals surface area (Å²) in [6, 6.07) is 5.22. The van der Waals surface area contributed by atoms with E-state index in [1.807, 2.05) is 4.90 Å². The second-order valence-corrected chi connectivity index (χ2v) is 6.99. The summed E-state index contributed by atoms with van der Waals surface area (Å²) in [5, 5.41) is 2.89. The standard InChI is InChI=1S/C20H30N2O4/c1-15(2)9-13-26-17-8-7-16(14-18(17)25-3)20(24)21-10-5-12-22-11-4-6-19(22)23/h7-8,14-15H,4-6,9-13H2,1-3H3,(H,21,24). The van der Waals surface area contributed by atoms with Crippen molar-refractivity contribution < 1.29 is 19.1 Å². The van der Waals surface area contributed by atoms with E-state index in [1.165, 1.54) is 0 Å². The van der Waals surface area contributed by atoms with Crippen LogP contribution in [0.5, 0.6) is 11.5 Å². The summed E-state index contributed by atoms with van der Waals surface area (Å²) in [6.45, 7) is 6.99. The van der Waals surface area contributed by atoms with E-state index in [2.05, 4.69) is 19.2 Å². The third kappa shape index (κ3) is 5.93. The van der Waals surface area contributed by atoms with Crippen molar-refractivity contribution in [2.75, 3.05) is 33.4 Å². The molecule has 6 nitrogen and oxygen atoms in total. The molecular weight excluding hydrogens is 332 g/mol. The van der Waals surface area contributed by atoms with E-state index in [4.69, 9.17) is 9.47 Å². The monoisotopic (exact) mass is 362 g/mol. The SMILES string of the molecule is COc1cc(C(=O)NCCCN2CCCC2=O)ccc1OCCC(C)C. The van der Waals surface area contributed by atoms with Crippen LogP contribution in [0, 0.1) is 5.92 Å². The molecule has 1 aliphatic heterocycles. The van der Waals surface area contributed by atoms with Crippen molar-refractivity contribution >= 4 is 11.8 Å². The van der Waals surface area contributed by atoms with Gasteiger partial charge in [-0.25, -0.2) is 0 Å². The lowest BCUT2D eigenvalue weighted by Crippen LogP contribution is -2.30. The van der Waals surface area contributed by atoms with Crippen molar-refractivity contribution in [3.05, 3.63) is 23.8 Å². The predicted molar refractivity (Wildman–Crippen MR) is 101 cm³/mol. The number of rotatable bonds is 10. The van der Waals surface area contributed by atoms with Crippen molar-refractivity contribution in [1.29, 1.82) is 0 Å². The molecule has 0 unspecified atom stereocenters. The lowest BCUT2D eigenvalue weighted by molar-refractivity contribution is -0.127. The maximum absolute atomic E-state index is 12.3. The zero-order valence-corrected chi connectivity index (χ0v) is 16.0. The van der Waals surface area contributed by atoms with Crippen LogP contribution in [0.3, 0.4) is 0 Å². The van der Waals surface area contributed by atoms with Crippen molar-refractivity contribution in [1.82, 2.24) is 10.2 Å². The van der Waals surface area contributed by atoms with E-state index in [0.717, 1.165) is 25.8 Å². The predicted octanol–water partition coefficient (Wildman–Crippen LogP) is 2.86. The maximum atomic E-state index is 12.3. The molecule has 1 aliphatic rings. The summed E-state index contributed by atoms with van der Waals surface area (Å²) in [5.41, 5.74) is 0.537. The van der Waals surface area contributed by atoms with E-state index in [0.29, 0.717) is 49.1 Å². The van der Waals surface area contributed by atoms with Gasteiger partial charge in [0.05, 0.1) is 13.7 Å². The van der Waals surface area contributed by atoms with Crippen molar-refractivity contribution in [2.24, 2.45) is 5.92 Å². The molecule has 0 bridgehead atoms. The molecule has 0 spiro atoms. The molecule has 2 amide bonds. The Labute approximate surface area is 155 Å². The van der Waals surface area contributed by atoms with Crippen LogP contribution in [-0.2, 0) is 4.79 Å². The number of methoxy groups -OCH3 is 1. The van der Waals surface area contributed by atoms with Gasteiger partial charge in [-0.05, 0) is 43.4 Å². The average molecular weight is 362 g/mol. The lowest BCUT2D eigenvalue weighted by Gasteiger charge is -2.15. The fraction of sp³-hybridized carbons (Fsp3) is 0.600. The van der Waals surface area contributed by atoms with Crippen LogP contribution >= 0.6 is 0 Å². The summed E-state index contributed by atoms with van der Waals surface area (Å²) >= 11 is 0. The maximum Gasteiger partial charge on any atom is 0.251 e. The quantitative estimate of drug-likeness (QED) is 0.650. The Morgan fingerprint density at radius 2 is 2.12 bits per heavy atom. The second kappa shape index (κ2) is 10.0. The molecule has 1 aromatic rings. The number of nitrogens with zero attached hydrogens (tertiary/aromatic N) is 1. The molecule has 0 aromatic heterocycles. The van der Waals surface area contributed by atoms with Gasteiger partial charge in [0, 0.05) is 31.6 Å². The Morgan fingerprint density at radius 3 is 2.77 bits per heavy atom. The van der Waals surface area contributed by atoms with Gasteiger partial charge in [0.15, 0.2) is 11.5 Å². The summed E-state index contributed by atoms with van der Waals surface area (Å²) in [4.78, 5) is 25.7. The molecule has 26 heavy (non-hydrogen) atoms. The van der Waals surface area contributed by atoms with Gasteiger partial charge in [-0.2, -0.15) is 0 Å². The second-order valence-electron chi connectivity index (χ2n) is 6.99. The molecule has 1 N–H and O–H groups in total. The van der Waals surface area contributed by atoms with E-state index in [1.54, 1.807) is 25.3 Å². The Bertz CT molecular complexity index is 616. The first kappa shape index (κ1) is 20.1. The van der Waals surface area contributed by atoms with Gasteiger partial charge in [0.2, 0.25) is 5.91 Å². The molecule has 0 radical (unpaired) electrons. The zero-order chi connectivity index (χ0) is 18.9. The molecule has 0 atom stereocenters. The normalized spacial score (nSPS) is 14.0. The fourth-order valence-electron chi connectivity index (χ4n) is 2.85. The topological polar surface area (TPSA) is 67.9 Å². The summed E-state index contributed by atoms with van der Waals surface area (Å²) in [6.07, 6.45) is 3.31. The Hall–Kier alpha value is -2.24. The third-order valence-electron chi connectivity index (χ3n) is 4.44. The first-order valence-electron chi connectivity index (χ1n) is 9.38.